The number of thiazole rings is 1. The molecule has 0 saturated carbocycles. The monoisotopic (exact) mass is 260 g/mol. The number of nitrogens with two attached hydrogens (primary N) is 2. The van der Waals surface area contributed by atoms with Crippen LogP contribution in [-0.2, 0) is 9.63 Å². The van der Waals surface area contributed by atoms with E-state index in [1.54, 1.807) is 0 Å². The molecule has 9 heteroatoms. The summed E-state index contributed by atoms with van der Waals surface area (Å²) in [5.41, 5.74) is 10.3. The average Bonchev–Trinajstić information content (AvgIpc) is 2.58. The van der Waals surface area contributed by atoms with Gasteiger partial charge in [-0.15, -0.1) is 11.3 Å². The zero-order valence-electron chi connectivity index (χ0n) is 7.91. The predicted molar refractivity (Wildman–Crippen MR) is 63.4 cm³/mol. The van der Waals surface area contributed by atoms with Crippen LogP contribution < -0.4 is 11.5 Å². The van der Waals surface area contributed by atoms with E-state index in [1.807, 2.05) is 0 Å². The minimum Gasteiger partial charge on any atom is -0.476 e. The molecule has 16 heavy (non-hydrogen) atoms. The maximum absolute atomic E-state index is 10.8. The number of thiocarbonyl (C=S) groups is 1. The van der Waals surface area contributed by atoms with E-state index in [0.717, 1.165) is 11.3 Å². The second kappa shape index (κ2) is 5.37. The van der Waals surface area contributed by atoms with Crippen LogP contribution in [0.1, 0.15) is 5.69 Å². The summed E-state index contributed by atoms with van der Waals surface area (Å²) in [6.45, 7) is -0.133. The topological polar surface area (TPSA) is 124 Å². The van der Waals surface area contributed by atoms with Gasteiger partial charge in [0, 0.05) is 5.38 Å². The van der Waals surface area contributed by atoms with E-state index in [-0.39, 0.29) is 28.1 Å². The van der Waals surface area contributed by atoms with E-state index >= 15 is 0 Å². The van der Waals surface area contributed by atoms with E-state index < -0.39 is 5.97 Å². The van der Waals surface area contributed by atoms with Gasteiger partial charge < -0.3 is 21.4 Å². The molecular formula is C7H8N4O3S2. The first-order valence-corrected chi connectivity index (χ1v) is 5.22. The fraction of sp³-hybridized carbons (Fsp3) is 0.143. The van der Waals surface area contributed by atoms with Crippen molar-refractivity contribution < 1.29 is 14.7 Å². The van der Waals surface area contributed by atoms with Crippen molar-refractivity contribution in [1.29, 1.82) is 0 Å². The van der Waals surface area contributed by atoms with Crippen LogP contribution in [0.3, 0.4) is 0 Å². The molecule has 0 bridgehead atoms. The third-order valence-electron chi connectivity index (χ3n) is 1.33. The van der Waals surface area contributed by atoms with Gasteiger partial charge in [-0.05, 0) is 0 Å². The molecule has 0 amide bonds. The van der Waals surface area contributed by atoms with Gasteiger partial charge in [-0.2, -0.15) is 0 Å². The Labute approximate surface area is 99.7 Å². The first-order chi connectivity index (χ1) is 7.50. The molecule has 0 aliphatic rings. The Kier molecular flexibility index (Phi) is 4.14. The largest absolute Gasteiger partial charge is 0.476 e. The fourth-order valence-electron chi connectivity index (χ4n) is 0.752. The first kappa shape index (κ1) is 12.3. The molecule has 0 aromatic carbocycles. The van der Waals surface area contributed by atoms with Crippen molar-refractivity contribution in [2.24, 2.45) is 10.9 Å². The molecule has 1 aromatic rings. The van der Waals surface area contributed by atoms with E-state index in [9.17, 15) is 4.79 Å². The number of aliphatic carboxylic acids is 1. The average molecular weight is 260 g/mol. The Morgan fingerprint density at radius 3 is 2.88 bits per heavy atom. The highest BCUT2D eigenvalue weighted by Crippen LogP contribution is 2.12. The lowest BCUT2D eigenvalue weighted by Gasteiger charge is -1.98. The van der Waals surface area contributed by atoms with Gasteiger partial charge >= 0.3 is 5.97 Å². The molecule has 1 aromatic heterocycles. The Hall–Kier alpha value is -1.74. The molecule has 1 heterocycles. The Balaban J connectivity index is 2.83. The van der Waals surface area contributed by atoms with E-state index in [0.29, 0.717) is 0 Å². The summed E-state index contributed by atoms with van der Waals surface area (Å²) < 4.78 is 0. The fourth-order valence-corrected chi connectivity index (χ4v) is 1.35. The van der Waals surface area contributed by atoms with Crippen LogP contribution in [0, 0.1) is 0 Å². The highest BCUT2D eigenvalue weighted by Gasteiger charge is 2.16. The Morgan fingerprint density at radius 1 is 1.75 bits per heavy atom. The smallest absolute Gasteiger partial charge is 0.360 e. The van der Waals surface area contributed by atoms with Gasteiger partial charge in [0.25, 0.3) is 0 Å². The summed E-state index contributed by atoms with van der Waals surface area (Å²) in [5.74, 6) is -1.27. The summed E-state index contributed by atoms with van der Waals surface area (Å²) >= 11 is 5.64. The van der Waals surface area contributed by atoms with Crippen molar-refractivity contribution in [3.63, 3.8) is 0 Å². The number of hydrogen-bond acceptors (Lipinski definition) is 7. The molecule has 86 valence electrons. The Bertz CT molecular complexity index is 443. The summed E-state index contributed by atoms with van der Waals surface area (Å²) in [5, 5.41) is 13.9. The molecule has 0 fully saturated rings. The number of oxime groups is 1. The van der Waals surface area contributed by atoms with Gasteiger partial charge in [0.1, 0.15) is 10.7 Å². The van der Waals surface area contributed by atoms with Crippen LogP contribution in [0.4, 0.5) is 5.13 Å². The van der Waals surface area contributed by atoms with E-state index in [2.05, 4.69) is 27.2 Å². The van der Waals surface area contributed by atoms with E-state index in [4.69, 9.17) is 16.6 Å². The van der Waals surface area contributed by atoms with Crippen LogP contribution in [0.15, 0.2) is 10.5 Å². The van der Waals surface area contributed by atoms with Crippen molar-refractivity contribution in [3.05, 3.63) is 11.1 Å². The summed E-state index contributed by atoms with van der Waals surface area (Å²) in [6, 6.07) is 0. The maximum atomic E-state index is 10.8. The van der Waals surface area contributed by atoms with Crippen molar-refractivity contribution in [2.75, 3.05) is 12.3 Å². The minimum absolute atomic E-state index is 0.0753. The molecule has 0 unspecified atom stereocenters. The van der Waals surface area contributed by atoms with Gasteiger partial charge in [-0.25, -0.2) is 9.78 Å². The molecule has 1 rings (SSSR count). The van der Waals surface area contributed by atoms with Crippen LogP contribution in [0.5, 0.6) is 0 Å². The summed E-state index contributed by atoms with van der Waals surface area (Å²) in [7, 11) is 0. The highest BCUT2D eigenvalue weighted by molar-refractivity contribution is 7.80. The van der Waals surface area contributed by atoms with Crippen LogP contribution in [-0.4, -0.2) is 33.4 Å². The molecule has 0 aliphatic heterocycles. The molecule has 0 saturated heterocycles. The third-order valence-corrected chi connectivity index (χ3v) is 2.12. The van der Waals surface area contributed by atoms with Crippen molar-refractivity contribution >= 4 is 45.4 Å². The van der Waals surface area contributed by atoms with Crippen molar-refractivity contribution in [1.82, 2.24) is 4.98 Å². The zero-order valence-corrected chi connectivity index (χ0v) is 9.55. The number of hydrogen-bond donors (Lipinski definition) is 3. The highest BCUT2D eigenvalue weighted by atomic mass is 32.1. The molecular weight excluding hydrogens is 252 g/mol. The van der Waals surface area contributed by atoms with Crippen LogP contribution >= 0.6 is 23.6 Å². The van der Waals surface area contributed by atoms with Gasteiger partial charge in [0.05, 0.1) is 0 Å². The van der Waals surface area contributed by atoms with Crippen LogP contribution in [0.25, 0.3) is 0 Å². The minimum atomic E-state index is -1.27. The van der Waals surface area contributed by atoms with Crippen LogP contribution in [0.2, 0.25) is 0 Å². The second-order valence-electron chi connectivity index (χ2n) is 2.56. The Morgan fingerprint density at radius 2 is 2.44 bits per heavy atom. The normalized spacial score (nSPS) is 11.1. The van der Waals surface area contributed by atoms with E-state index in [1.165, 1.54) is 5.38 Å². The number of nitrogen functional groups attached to an aromatic ring is 1. The van der Waals surface area contributed by atoms with Gasteiger partial charge in [0.15, 0.2) is 11.7 Å². The molecule has 0 aliphatic carbocycles. The maximum Gasteiger partial charge on any atom is 0.360 e. The lowest BCUT2D eigenvalue weighted by Crippen LogP contribution is -2.18. The number of nitrogens with zero attached hydrogens (tertiary/aromatic N) is 2. The molecule has 5 N–H and O–H groups in total. The standard InChI is InChI=1S/C7H8N4O3S2/c8-4(15)1-14-11-5(6(12)13)3-2-16-7(9)10-3/h2H,1H2,(H2,8,15)(H2,9,10)(H,12,13). The SMILES string of the molecule is NC(=S)CON=C(C(=O)O)c1csc(N)n1. The number of carbonyl (C=O) groups is 1. The molecule has 7 nitrogen and oxygen atoms in total. The first-order valence-electron chi connectivity index (χ1n) is 3.93. The zero-order chi connectivity index (χ0) is 12.1. The second-order valence-corrected chi connectivity index (χ2v) is 3.97. The molecule has 0 radical (unpaired) electrons. The molecule has 0 atom stereocenters. The number of rotatable bonds is 5. The number of carboxylic acid groups (broad SMARTS) is 1. The number of aromatic nitrogens is 1. The van der Waals surface area contributed by atoms with Crippen molar-refractivity contribution in [2.45, 2.75) is 0 Å². The van der Waals surface area contributed by atoms with Gasteiger partial charge in [-0.3, -0.25) is 0 Å². The van der Waals surface area contributed by atoms with Gasteiger partial charge in [-0.1, -0.05) is 17.4 Å². The lowest BCUT2D eigenvalue weighted by atomic mass is 10.3. The lowest BCUT2D eigenvalue weighted by molar-refractivity contribution is -0.129. The number of carboxylic acids is 1. The quantitative estimate of drug-likeness (QED) is 0.381. The van der Waals surface area contributed by atoms with Gasteiger partial charge in [0.2, 0.25) is 5.71 Å². The van der Waals surface area contributed by atoms with Crippen molar-refractivity contribution in [3.8, 4) is 0 Å². The number of anilines is 1. The summed E-state index contributed by atoms with van der Waals surface area (Å²) in [4.78, 5) is 19.3. The summed E-state index contributed by atoms with van der Waals surface area (Å²) in [6.07, 6.45) is 0. The predicted octanol–water partition coefficient (Wildman–Crippen LogP) is -0.183. The molecule has 0 spiro atoms. The third kappa shape index (κ3) is 3.44.